The van der Waals surface area contributed by atoms with E-state index in [-0.39, 0.29) is 12.6 Å². The number of fused-ring (bicyclic) bond motifs is 1. The predicted molar refractivity (Wildman–Crippen MR) is 90.9 cm³/mol. The lowest BCUT2D eigenvalue weighted by atomic mass is 9.81. The number of carbonyl (C=O) groups is 1. The first kappa shape index (κ1) is 16.3. The van der Waals surface area contributed by atoms with Crippen LogP contribution in [0.1, 0.15) is 42.2 Å². The number of aromatic nitrogens is 2. The molecule has 4 rings (SSSR count). The van der Waals surface area contributed by atoms with Gasteiger partial charge in [0.1, 0.15) is 6.10 Å². The SMILES string of the molecule is O=C(NCC1OCCc2cn(Cc3ccccc3)nc21)C1(F)CCC1. The molecule has 1 N–H and O–H groups in total. The topological polar surface area (TPSA) is 56.1 Å². The van der Waals surface area contributed by atoms with E-state index in [9.17, 15) is 9.18 Å². The Morgan fingerprint density at radius 2 is 2.16 bits per heavy atom. The maximum Gasteiger partial charge on any atom is 0.257 e. The van der Waals surface area contributed by atoms with Gasteiger partial charge >= 0.3 is 0 Å². The Morgan fingerprint density at radius 1 is 1.36 bits per heavy atom. The van der Waals surface area contributed by atoms with Crippen molar-refractivity contribution in [2.24, 2.45) is 0 Å². The average Bonchev–Trinajstić information content (AvgIpc) is 3.01. The predicted octanol–water partition coefficient (Wildman–Crippen LogP) is 2.55. The molecule has 2 aliphatic rings. The number of hydrogen-bond donors (Lipinski definition) is 1. The van der Waals surface area contributed by atoms with Crippen LogP contribution in [0.25, 0.3) is 0 Å². The molecular weight excluding hydrogens is 321 g/mol. The van der Waals surface area contributed by atoms with Crippen LogP contribution in [0, 0.1) is 0 Å². The second-order valence-electron chi connectivity index (χ2n) is 6.86. The van der Waals surface area contributed by atoms with Gasteiger partial charge < -0.3 is 10.1 Å². The quantitative estimate of drug-likeness (QED) is 0.908. The molecule has 132 valence electrons. The van der Waals surface area contributed by atoms with Crippen LogP contribution in [0.15, 0.2) is 36.5 Å². The second kappa shape index (κ2) is 6.59. The third-order valence-electron chi connectivity index (χ3n) is 5.05. The van der Waals surface area contributed by atoms with Crippen molar-refractivity contribution in [1.82, 2.24) is 15.1 Å². The van der Waals surface area contributed by atoms with Crippen LogP contribution in [-0.4, -0.2) is 34.5 Å². The van der Waals surface area contributed by atoms with Crippen molar-refractivity contribution in [3.8, 4) is 0 Å². The van der Waals surface area contributed by atoms with Gasteiger partial charge in [0.15, 0.2) is 5.67 Å². The maximum atomic E-state index is 14.1. The zero-order chi connectivity index (χ0) is 17.3. The minimum absolute atomic E-state index is 0.264. The number of alkyl halides is 1. The van der Waals surface area contributed by atoms with Crippen LogP contribution in [-0.2, 0) is 22.5 Å². The number of carbonyl (C=O) groups excluding carboxylic acids is 1. The van der Waals surface area contributed by atoms with E-state index in [1.165, 1.54) is 5.56 Å². The largest absolute Gasteiger partial charge is 0.370 e. The summed E-state index contributed by atoms with van der Waals surface area (Å²) < 4.78 is 21.8. The molecule has 1 aliphatic heterocycles. The van der Waals surface area contributed by atoms with E-state index < -0.39 is 11.6 Å². The fourth-order valence-corrected chi connectivity index (χ4v) is 3.40. The van der Waals surface area contributed by atoms with Crippen molar-refractivity contribution < 1.29 is 13.9 Å². The van der Waals surface area contributed by atoms with Gasteiger partial charge in [-0.1, -0.05) is 30.3 Å². The van der Waals surface area contributed by atoms with Crippen molar-refractivity contribution in [2.75, 3.05) is 13.2 Å². The van der Waals surface area contributed by atoms with Gasteiger partial charge in [0.2, 0.25) is 0 Å². The molecule has 1 aliphatic carbocycles. The van der Waals surface area contributed by atoms with Gasteiger partial charge in [-0.15, -0.1) is 0 Å². The third-order valence-corrected chi connectivity index (χ3v) is 5.05. The normalized spacial score (nSPS) is 21.2. The number of nitrogens with zero attached hydrogens (tertiary/aromatic N) is 2. The lowest BCUT2D eigenvalue weighted by Crippen LogP contribution is -2.49. The molecule has 0 radical (unpaired) electrons. The second-order valence-corrected chi connectivity index (χ2v) is 6.86. The Hall–Kier alpha value is -2.21. The maximum absolute atomic E-state index is 14.1. The first-order valence-electron chi connectivity index (χ1n) is 8.83. The Bertz CT molecular complexity index is 755. The molecule has 1 atom stereocenters. The highest BCUT2D eigenvalue weighted by atomic mass is 19.1. The number of halogens is 1. The Labute approximate surface area is 146 Å². The van der Waals surface area contributed by atoms with Crippen LogP contribution in [0.3, 0.4) is 0 Å². The molecule has 1 fully saturated rings. The minimum Gasteiger partial charge on any atom is -0.370 e. The monoisotopic (exact) mass is 343 g/mol. The zero-order valence-electron chi connectivity index (χ0n) is 14.1. The lowest BCUT2D eigenvalue weighted by molar-refractivity contribution is -0.139. The van der Waals surface area contributed by atoms with E-state index in [1.807, 2.05) is 29.1 Å². The van der Waals surface area contributed by atoms with Gasteiger partial charge in [0.25, 0.3) is 5.91 Å². The van der Waals surface area contributed by atoms with Crippen molar-refractivity contribution in [3.63, 3.8) is 0 Å². The first-order valence-corrected chi connectivity index (χ1v) is 8.83. The summed E-state index contributed by atoms with van der Waals surface area (Å²) in [6.07, 6.45) is 3.96. The fraction of sp³-hybridized carbons (Fsp3) is 0.474. The van der Waals surface area contributed by atoms with Crippen LogP contribution < -0.4 is 5.32 Å². The van der Waals surface area contributed by atoms with Gasteiger partial charge in [-0.25, -0.2) is 4.39 Å². The molecule has 0 bridgehead atoms. The molecule has 1 unspecified atom stereocenters. The number of rotatable bonds is 5. The molecule has 2 aromatic rings. The van der Waals surface area contributed by atoms with E-state index in [1.54, 1.807) is 0 Å². The standard InChI is InChI=1S/C19H22FN3O2/c20-19(8-4-9-19)18(24)21-11-16-17-15(7-10-25-16)13-23(22-17)12-14-5-2-1-3-6-14/h1-3,5-6,13,16H,4,7-12H2,(H,21,24). The van der Waals surface area contributed by atoms with Crippen molar-refractivity contribution >= 4 is 5.91 Å². The molecule has 1 amide bonds. The first-order chi connectivity index (χ1) is 12.1. The molecule has 0 saturated heterocycles. The summed E-state index contributed by atoms with van der Waals surface area (Å²) in [5.74, 6) is -0.516. The van der Waals surface area contributed by atoms with Crippen molar-refractivity contribution in [3.05, 3.63) is 53.3 Å². The zero-order valence-corrected chi connectivity index (χ0v) is 14.1. The summed E-state index contributed by atoms with van der Waals surface area (Å²) in [4.78, 5) is 12.0. The molecular formula is C19H22FN3O2. The smallest absolute Gasteiger partial charge is 0.257 e. The Balaban J connectivity index is 1.43. The molecule has 1 aromatic carbocycles. The summed E-state index contributed by atoms with van der Waals surface area (Å²) in [5, 5.41) is 7.35. The van der Waals surface area contributed by atoms with Gasteiger partial charge in [0.05, 0.1) is 18.8 Å². The van der Waals surface area contributed by atoms with Gasteiger partial charge in [-0.3, -0.25) is 9.48 Å². The average molecular weight is 343 g/mol. The van der Waals surface area contributed by atoms with Gasteiger partial charge in [-0.05, 0) is 36.8 Å². The molecule has 1 saturated carbocycles. The number of ether oxygens (including phenoxy) is 1. The number of benzene rings is 1. The van der Waals surface area contributed by atoms with Crippen molar-refractivity contribution in [1.29, 1.82) is 0 Å². The molecule has 5 nitrogen and oxygen atoms in total. The highest BCUT2D eigenvalue weighted by Gasteiger charge is 2.44. The summed E-state index contributed by atoms with van der Waals surface area (Å²) in [7, 11) is 0. The van der Waals surface area contributed by atoms with Gasteiger partial charge in [0, 0.05) is 12.7 Å². The number of hydrogen-bond acceptors (Lipinski definition) is 3. The highest BCUT2D eigenvalue weighted by Crippen LogP contribution is 2.36. The molecule has 0 spiro atoms. The molecule has 25 heavy (non-hydrogen) atoms. The summed E-state index contributed by atoms with van der Waals surface area (Å²) in [5.41, 5.74) is 1.49. The number of nitrogens with one attached hydrogen (secondary N) is 1. The van der Waals surface area contributed by atoms with E-state index in [4.69, 9.17) is 4.74 Å². The summed E-state index contributed by atoms with van der Waals surface area (Å²) >= 11 is 0. The highest BCUT2D eigenvalue weighted by molar-refractivity contribution is 5.86. The summed E-state index contributed by atoms with van der Waals surface area (Å²) in [6.45, 7) is 1.55. The molecule has 2 heterocycles. The van der Waals surface area contributed by atoms with E-state index in [2.05, 4.69) is 22.5 Å². The molecule has 6 heteroatoms. The summed E-state index contributed by atoms with van der Waals surface area (Å²) in [6, 6.07) is 10.1. The van der Waals surface area contributed by atoms with E-state index in [0.717, 1.165) is 24.1 Å². The van der Waals surface area contributed by atoms with Crippen molar-refractivity contribution in [2.45, 2.75) is 44.0 Å². The number of amides is 1. The minimum atomic E-state index is -1.68. The fourth-order valence-electron chi connectivity index (χ4n) is 3.40. The van der Waals surface area contributed by atoms with Crippen LogP contribution >= 0.6 is 0 Å². The lowest BCUT2D eigenvalue weighted by Gasteiger charge is -2.32. The van der Waals surface area contributed by atoms with Crippen LogP contribution in [0.4, 0.5) is 4.39 Å². The van der Waals surface area contributed by atoms with Gasteiger partial charge in [-0.2, -0.15) is 5.10 Å². The Kier molecular flexibility index (Phi) is 4.29. The van der Waals surface area contributed by atoms with Crippen LogP contribution in [0.2, 0.25) is 0 Å². The Morgan fingerprint density at radius 3 is 2.88 bits per heavy atom. The van der Waals surface area contributed by atoms with E-state index in [0.29, 0.717) is 26.0 Å². The van der Waals surface area contributed by atoms with Crippen LogP contribution in [0.5, 0.6) is 0 Å². The third kappa shape index (κ3) is 3.31. The van der Waals surface area contributed by atoms with E-state index >= 15 is 0 Å². The molecule has 1 aromatic heterocycles.